The minimum Gasteiger partial charge on any atom is -0.496 e. The molecule has 1 aromatic carbocycles. The largest absolute Gasteiger partial charge is 0.496 e. The van der Waals surface area contributed by atoms with Crippen LogP contribution in [0.25, 0.3) is 10.7 Å². The minimum absolute atomic E-state index is 0.0396. The monoisotopic (exact) mass is 460 g/mol. The number of methoxy groups -OCH3 is 1. The number of esters is 1. The minimum atomic E-state index is -0.492. The molecule has 2 aromatic heterocycles. The second kappa shape index (κ2) is 11.0. The van der Waals surface area contributed by atoms with E-state index in [0.717, 1.165) is 16.3 Å². The summed E-state index contributed by atoms with van der Waals surface area (Å²) in [6, 6.07) is 11.1. The molecule has 164 valence electrons. The molecule has 0 fully saturated rings. The van der Waals surface area contributed by atoms with Crippen molar-refractivity contribution in [1.82, 2.24) is 20.1 Å². The number of hydrogen-bond donors (Lipinski definition) is 1. The number of aromatic nitrogens is 3. The lowest BCUT2D eigenvalue weighted by Crippen LogP contribution is -2.31. The van der Waals surface area contributed by atoms with Crippen molar-refractivity contribution >= 4 is 35.0 Å². The fourth-order valence-electron chi connectivity index (χ4n) is 2.96. The van der Waals surface area contributed by atoms with E-state index in [4.69, 9.17) is 9.47 Å². The molecule has 3 aromatic rings. The summed E-state index contributed by atoms with van der Waals surface area (Å²) in [5.74, 6) is 0.628. The van der Waals surface area contributed by atoms with Crippen LogP contribution in [0, 0.1) is 0 Å². The first-order chi connectivity index (χ1) is 15.0. The molecule has 0 radical (unpaired) electrons. The Kier molecular flexibility index (Phi) is 8.07. The van der Waals surface area contributed by atoms with Gasteiger partial charge in [0.2, 0.25) is 0 Å². The number of hydrogen-bond acceptors (Lipinski definition) is 8. The Morgan fingerprint density at radius 3 is 2.74 bits per heavy atom. The summed E-state index contributed by atoms with van der Waals surface area (Å²) in [5, 5.41) is 13.8. The van der Waals surface area contributed by atoms with Gasteiger partial charge in [0.1, 0.15) is 5.75 Å². The average molecular weight is 461 g/mol. The van der Waals surface area contributed by atoms with Gasteiger partial charge in [-0.15, -0.1) is 21.5 Å². The highest BCUT2D eigenvalue weighted by molar-refractivity contribution is 7.99. The van der Waals surface area contributed by atoms with Crippen molar-refractivity contribution in [3.8, 4) is 16.5 Å². The van der Waals surface area contributed by atoms with E-state index < -0.39 is 5.97 Å². The summed E-state index contributed by atoms with van der Waals surface area (Å²) in [6.07, 6.45) is 0. The third kappa shape index (κ3) is 5.86. The van der Waals surface area contributed by atoms with Gasteiger partial charge in [-0.25, -0.2) is 0 Å². The van der Waals surface area contributed by atoms with Gasteiger partial charge >= 0.3 is 5.97 Å². The standard InChI is InChI=1S/C21H24N4O4S2/c1-4-25-20(17-10-7-11-30-17)23-24-21(25)31-13-19(27)29-12-18(26)22-14(2)15-8-5-6-9-16(15)28-3/h5-11,14H,4,12-13H2,1-3H3,(H,22,26). The lowest BCUT2D eigenvalue weighted by Gasteiger charge is -2.17. The van der Waals surface area contributed by atoms with Crippen LogP contribution in [0.4, 0.5) is 0 Å². The number of benzene rings is 1. The van der Waals surface area contributed by atoms with Crippen LogP contribution in [-0.2, 0) is 20.9 Å². The Morgan fingerprint density at radius 1 is 1.23 bits per heavy atom. The van der Waals surface area contributed by atoms with Gasteiger partial charge in [-0.2, -0.15) is 0 Å². The first-order valence-corrected chi connectivity index (χ1v) is 11.6. The van der Waals surface area contributed by atoms with Gasteiger partial charge in [-0.05, 0) is 31.4 Å². The maximum atomic E-state index is 12.2. The van der Waals surface area contributed by atoms with Crippen molar-refractivity contribution < 1.29 is 19.1 Å². The smallest absolute Gasteiger partial charge is 0.316 e. The summed E-state index contributed by atoms with van der Waals surface area (Å²) >= 11 is 2.82. The van der Waals surface area contributed by atoms with Crippen molar-refractivity contribution in [2.24, 2.45) is 0 Å². The Bertz CT molecular complexity index is 1020. The van der Waals surface area contributed by atoms with Crippen LogP contribution in [0.1, 0.15) is 25.5 Å². The van der Waals surface area contributed by atoms with Gasteiger partial charge in [-0.3, -0.25) is 9.59 Å². The fraction of sp³-hybridized carbons (Fsp3) is 0.333. The number of thiophene rings is 1. The molecule has 3 rings (SSSR count). The van der Waals surface area contributed by atoms with E-state index in [1.807, 2.05) is 60.2 Å². The quantitative estimate of drug-likeness (QED) is 0.365. The summed E-state index contributed by atoms with van der Waals surface area (Å²) in [7, 11) is 1.58. The van der Waals surface area contributed by atoms with Crippen LogP contribution in [0.3, 0.4) is 0 Å². The molecule has 0 spiro atoms. The SMILES string of the molecule is CCn1c(SCC(=O)OCC(=O)NC(C)c2ccccc2OC)nnc1-c1cccs1. The highest BCUT2D eigenvalue weighted by Crippen LogP contribution is 2.27. The molecule has 31 heavy (non-hydrogen) atoms. The molecule has 0 aliphatic carbocycles. The molecule has 1 atom stereocenters. The number of ether oxygens (including phenoxy) is 2. The van der Waals surface area contributed by atoms with E-state index >= 15 is 0 Å². The second-order valence-electron chi connectivity index (χ2n) is 6.51. The van der Waals surface area contributed by atoms with E-state index in [0.29, 0.717) is 17.5 Å². The van der Waals surface area contributed by atoms with E-state index in [-0.39, 0.29) is 24.3 Å². The van der Waals surface area contributed by atoms with Crippen LogP contribution in [0.2, 0.25) is 0 Å². The molecule has 0 aliphatic rings. The molecule has 1 N–H and O–H groups in total. The maximum absolute atomic E-state index is 12.2. The van der Waals surface area contributed by atoms with Gasteiger partial charge in [0, 0.05) is 12.1 Å². The van der Waals surface area contributed by atoms with Crippen molar-refractivity contribution in [1.29, 1.82) is 0 Å². The molecule has 0 aliphatic heterocycles. The van der Waals surface area contributed by atoms with Crippen LogP contribution in [0.15, 0.2) is 46.9 Å². The molecule has 0 bridgehead atoms. The Hall–Kier alpha value is -2.85. The number of carbonyl (C=O) groups excluding carboxylic acids is 2. The molecule has 8 nitrogen and oxygen atoms in total. The number of nitrogens with zero attached hydrogens (tertiary/aromatic N) is 3. The first kappa shape index (κ1) is 22.8. The first-order valence-electron chi connectivity index (χ1n) is 9.71. The zero-order valence-electron chi connectivity index (χ0n) is 17.5. The fourth-order valence-corrected chi connectivity index (χ4v) is 4.48. The predicted molar refractivity (Wildman–Crippen MR) is 120 cm³/mol. The van der Waals surface area contributed by atoms with Crippen molar-refractivity contribution in [2.45, 2.75) is 31.6 Å². The van der Waals surface area contributed by atoms with E-state index in [1.54, 1.807) is 18.4 Å². The number of para-hydroxylation sites is 1. The van der Waals surface area contributed by atoms with Gasteiger partial charge in [-0.1, -0.05) is 36.0 Å². The average Bonchev–Trinajstić information content (AvgIpc) is 3.45. The summed E-state index contributed by atoms with van der Waals surface area (Å²) in [6.45, 7) is 4.17. The van der Waals surface area contributed by atoms with E-state index in [2.05, 4.69) is 15.5 Å². The van der Waals surface area contributed by atoms with Gasteiger partial charge < -0.3 is 19.4 Å². The van der Waals surface area contributed by atoms with Crippen molar-refractivity contribution in [3.05, 3.63) is 47.3 Å². The highest BCUT2D eigenvalue weighted by atomic mass is 32.2. The molecule has 10 heteroatoms. The van der Waals surface area contributed by atoms with Crippen LogP contribution >= 0.6 is 23.1 Å². The third-order valence-corrected chi connectivity index (χ3v) is 6.25. The number of thioether (sulfide) groups is 1. The normalized spacial score (nSPS) is 11.7. The van der Waals surface area contributed by atoms with Crippen LogP contribution in [0.5, 0.6) is 5.75 Å². The number of amides is 1. The van der Waals surface area contributed by atoms with E-state index in [9.17, 15) is 9.59 Å². The van der Waals surface area contributed by atoms with E-state index in [1.165, 1.54) is 11.8 Å². The lowest BCUT2D eigenvalue weighted by atomic mass is 10.1. The lowest BCUT2D eigenvalue weighted by molar-refractivity contribution is -0.146. The highest BCUT2D eigenvalue weighted by Gasteiger charge is 2.17. The molecule has 2 heterocycles. The molecule has 1 amide bonds. The number of rotatable bonds is 10. The van der Waals surface area contributed by atoms with Crippen molar-refractivity contribution in [3.63, 3.8) is 0 Å². The zero-order valence-corrected chi connectivity index (χ0v) is 19.2. The molecular formula is C21H24N4O4S2. The van der Waals surface area contributed by atoms with Crippen LogP contribution in [-0.4, -0.2) is 46.1 Å². The third-order valence-electron chi connectivity index (χ3n) is 4.44. The topological polar surface area (TPSA) is 95.3 Å². The maximum Gasteiger partial charge on any atom is 0.316 e. The van der Waals surface area contributed by atoms with Gasteiger partial charge in [0.15, 0.2) is 17.6 Å². The molecular weight excluding hydrogens is 436 g/mol. The second-order valence-corrected chi connectivity index (χ2v) is 8.40. The van der Waals surface area contributed by atoms with Crippen LogP contribution < -0.4 is 10.1 Å². The predicted octanol–water partition coefficient (Wildman–Crippen LogP) is 3.55. The number of carbonyl (C=O) groups is 2. The van der Waals surface area contributed by atoms with Gasteiger partial charge in [0.05, 0.1) is 23.8 Å². The molecule has 1 unspecified atom stereocenters. The Labute approximate surface area is 189 Å². The zero-order chi connectivity index (χ0) is 22.2. The van der Waals surface area contributed by atoms with Gasteiger partial charge in [0.25, 0.3) is 5.91 Å². The van der Waals surface area contributed by atoms with Crippen molar-refractivity contribution in [2.75, 3.05) is 19.5 Å². The molecule has 0 saturated heterocycles. The number of nitrogens with one attached hydrogen (secondary N) is 1. The summed E-state index contributed by atoms with van der Waals surface area (Å²) in [5.41, 5.74) is 0.848. The summed E-state index contributed by atoms with van der Waals surface area (Å²) < 4.78 is 12.4. The Balaban J connectivity index is 1.48. The Morgan fingerprint density at radius 2 is 2.03 bits per heavy atom. The molecule has 0 saturated carbocycles. The summed E-state index contributed by atoms with van der Waals surface area (Å²) in [4.78, 5) is 25.3.